The van der Waals surface area contributed by atoms with Crippen molar-refractivity contribution in [3.05, 3.63) is 0 Å². The summed E-state index contributed by atoms with van der Waals surface area (Å²) in [4.78, 5) is 0. The third kappa shape index (κ3) is 3.82. The molecule has 1 saturated heterocycles. The van der Waals surface area contributed by atoms with E-state index in [0.29, 0.717) is 0 Å². The van der Waals surface area contributed by atoms with Crippen LogP contribution in [0, 0.1) is 12.3 Å². The number of ether oxygens (including phenoxy) is 1. The zero-order valence-electron chi connectivity index (χ0n) is 12.4. The van der Waals surface area contributed by atoms with Crippen LogP contribution in [0.5, 0.6) is 0 Å². The molecule has 1 N–H and O–H groups in total. The number of rotatable bonds is 5. The summed E-state index contributed by atoms with van der Waals surface area (Å²) in [6, 6.07) is 0. The van der Waals surface area contributed by atoms with Crippen LogP contribution in [0.4, 0.5) is 0 Å². The molecule has 0 aromatic heterocycles. The summed E-state index contributed by atoms with van der Waals surface area (Å²) in [6.45, 7) is 13.2. The van der Waals surface area contributed by atoms with Crippen molar-refractivity contribution >= 4 is 8.32 Å². The van der Waals surface area contributed by atoms with Crippen molar-refractivity contribution in [1.29, 1.82) is 0 Å². The second-order valence-corrected chi connectivity index (χ2v) is 11.4. The van der Waals surface area contributed by atoms with Gasteiger partial charge in [-0.3, -0.25) is 0 Å². The van der Waals surface area contributed by atoms with Crippen LogP contribution >= 0.6 is 0 Å². The van der Waals surface area contributed by atoms with Gasteiger partial charge in [-0.2, -0.15) is 0 Å². The smallest absolute Gasteiger partial charge is 0.192 e. The van der Waals surface area contributed by atoms with Crippen LogP contribution in [0.1, 0.15) is 34.1 Å². The highest BCUT2D eigenvalue weighted by molar-refractivity contribution is 6.74. The first-order valence-corrected chi connectivity index (χ1v) is 9.47. The SMILES string of the molecule is C#CC(O)[C@H]1O[C@@H]1C[C@H](C)O[Si](C)(C)C(C)(C)C. The Labute approximate surface area is 112 Å². The lowest BCUT2D eigenvalue weighted by Gasteiger charge is -2.38. The van der Waals surface area contributed by atoms with Gasteiger partial charge in [0, 0.05) is 12.5 Å². The van der Waals surface area contributed by atoms with Crippen LogP contribution in [-0.2, 0) is 9.16 Å². The zero-order chi connectivity index (χ0) is 14.1. The maximum Gasteiger partial charge on any atom is 0.192 e. The van der Waals surface area contributed by atoms with Crippen molar-refractivity contribution < 1.29 is 14.3 Å². The van der Waals surface area contributed by atoms with Crippen LogP contribution in [0.25, 0.3) is 0 Å². The molecule has 4 heteroatoms. The predicted octanol–water partition coefficient (Wildman–Crippen LogP) is 2.55. The first-order chi connectivity index (χ1) is 8.08. The predicted molar refractivity (Wildman–Crippen MR) is 75.9 cm³/mol. The molecule has 104 valence electrons. The van der Waals surface area contributed by atoms with E-state index >= 15 is 0 Å². The van der Waals surface area contributed by atoms with Crippen LogP contribution < -0.4 is 0 Å². The molecular weight excluding hydrogens is 244 g/mol. The van der Waals surface area contributed by atoms with Gasteiger partial charge < -0.3 is 14.3 Å². The van der Waals surface area contributed by atoms with Gasteiger partial charge in [0.2, 0.25) is 0 Å². The molecule has 1 aliphatic rings. The molecule has 0 radical (unpaired) electrons. The maximum atomic E-state index is 9.45. The van der Waals surface area contributed by atoms with Gasteiger partial charge in [0.05, 0.1) is 6.10 Å². The van der Waals surface area contributed by atoms with E-state index in [2.05, 4.69) is 46.7 Å². The minimum Gasteiger partial charge on any atom is -0.414 e. The molecule has 0 spiro atoms. The number of aliphatic hydroxyl groups excluding tert-OH is 1. The number of aliphatic hydroxyl groups is 1. The van der Waals surface area contributed by atoms with Crippen molar-refractivity contribution in [1.82, 2.24) is 0 Å². The molecule has 0 aromatic carbocycles. The van der Waals surface area contributed by atoms with E-state index in [4.69, 9.17) is 15.6 Å². The number of epoxide rings is 1. The average molecular weight is 270 g/mol. The molecule has 18 heavy (non-hydrogen) atoms. The van der Waals surface area contributed by atoms with Gasteiger partial charge in [0.25, 0.3) is 0 Å². The molecule has 0 saturated carbocycles. The third-order valence-electron chi connectivity index (χ3n) is 3.97. The summed E-state index contributed by atoms with van der Waals surface area (Å²) in [5.41, 5.74) is 0. The normalized spacial score (nSPS) is 27.4. The lowest BCUT2D eigenvalue weighted by molar-refractivity contribution is 0.173. The topological polar surface area (TPSA) is 42.0 Å². The van der Waals surface area contributed by atoms with Crippen molar-refractivity contribution in [2.75, 3.05) is 0 Å². The van der Waals surface area contributed by atoms with Crippen molar-refractivity contribution in [2.45, 2.75) is 76.7 Å². The summed E-state index contributed by atoms with van der Waals surface area (Å²) in [5, 5.41) is 9.66. The average Bonchev–Trinajstić information content (AvgIpc) is 2.93. The van der Waals surface area contributed by atoms with E-state index in [0.717, 1.165) is 6.42 Å². The molecule has 1 fully saturated rings. The zero-order valence-corrected chi connectivity index (χ0v) is 13.4. The lowest BCUT2D eigenvalue weighted by Crippen LogP contribution is -2.43. The molecular formula is C14H26O3Si. The number of hydrogen-bond acceptors (Lipinski definition) is 3. The van der Waals surface area contributed by atoms with Crippen LogP contribution in [0.15, 0.2) is 0 Å². The van der Waals surface area contributed by atoms with Gasteiger partial charge in [-0.05, 0) is 25.1 Å². The molecule has 0 aliphatic carbocycles. The summed E-state index contributed by atoms with van der Waals surface area (Å²) in [7, 11) is -1.72. The Morgan fingerprint density at radius 2 is 2.00 bits per heavy atom. The Kier molecular flexibility index (Phi) is 4.66. The molecule has 1 aliphatic heterocycles. The highest BCUT2D eigenvalue weighted by Crippen LogP contribution is 2.38. The maximum absolute atomic E-state index is 9.45. The summed E-state index contributed by atoms with van der Waals surface area (Å²) < 4.78 is 11.6. The molecule has 1 unspecified atom stereocenters. The highest BCUT2D eigenvalue weighted by atomic mass is 28.4. The third-order valence-corrected chi connectivity index (χ3v) is 8.57. The summed E-state index contributed by atoms with van der Waals surface area (Å²) in [5.74, 6) is 2.30. The van der Waals surface area contributed by atoms with Crippen LogP contribution in [0.2, 0.25) is 18.1 Å². The monoisotopic (exact) mass is 270 g/mol. The molecule has 1 rings (SSSR count). The Hall–Kier alpha value is -0.343. The highest BCUT2D eigenvalue weighted by Gasteiger charge is 2.46. The number of hydrogen-bond donors (Lipinski definition) is 1. The standard InChI is InChI=1S/C14H26O3Si/c1-8-11(15)13-12(16-13)9-10(2)17-18(6,7)14(3,4)5/h1,10-13,15H,9H2,2-7H3/t10-,11?,12+,13+/m0/s1. The molecule has 1 heterocycles. The molecule has 0 amide bonds. The van der Waals surface area contributed by atoms with Crippen LogP contribution in [0.3, 0.4) is 0 Å². The minimum absolute atomic E-state index is 0.0517. The number of terminal acetylenes is 1. The van der Waals surface area contributed by atoms with Gasteiger partial charge in [0.15, 0.2) is 8.32 Å². The molecule has 4 atom stereocenters. The van der Waals surface area contributed by atoms with Crippen LogP contribution in [-0.4, -0.2) is 37.8 Å². The van der Waals surface area contributed by atoms with Crippen molar-refractivity contribution in [2.24, 2.45) is 0 Å². The fourth-order valence-corrected chi connectivity index (χ4v) is 3.23. The second kappa shape index (κ2) is 5.34. The molecule has 0 aromatic rings. The Morgan fingerprint density at radius 1 is 1.44 bits per heavy atom. The first-order valence-electron chi connectivity index (χ1n) is 6.56. The van der Waals surface area contributed by atoms with E-state index in [1.165, 1.54) is 0 Å². The van der Waals surface area contributed by atoms with E-state index < -0.39 is 14.4 Å². The second-order valence-electron chi connectivity index (χ2n) is 6.68. The Bertz CT molecular complexity index is 327. The Morgan fingerprint density at radius 3 is 2.44 bits per heavy atom. The largest absolute Gasteiger partial charge is 0.414 e. The first kappa shape index (κ1) is 15.7. The van der Waals surface area contributed by atoms with E-state index in [1.54, 1.807) is 0 Å². The van der Waals surface area contributed by atoms with Gasteiger partial charge >= 0.3 is 0 Å². The van der Waals surface area contributed by atoms with E-state index in [1.807, 2.05) is 0 Å². The van der Waals surface area contributed by atoms with Crippen molar-refractivity contribution in [3.63, 3.8) is 0 Å². The van der Waals surface area contributed by atoms with E-state index in [9.17, 15) is 5.11 Å². The van der Waals surface area contributed by atoms with Gasteiger partial charge in [0.1, 0.15) is 12.2 Å². The Balaban J connectivity index is 2.41. The minimum atomic E-state index is -1.72. The molecule has 3 nitrogen and oxygen atoms in total. The summed E-state index contributed by atoms with van der Waals surface area (Å²) in [6.07, 6.45) is 5.18. The molecule has 0 bridgehead atoms. The fourth-order valence-electron chi connectivity index (χ4n) is 1.77. The van der Waals surface area contributed by atoms with E-state index in [-0.39, 0.29) is 23.4 Å². The lowest BCUT2D eigenvalue weighted by atomic mass is 10.1. The fraction of sp³-hybridized carbons (Fsp3) is 0.857. The van der Waals surface area contributed by atoms with Gasteiger partial charge in [-0.15, -0.1) is 6.42 Å². The quantitative estimate of drug-likeness (QED) is 0.474. The van der Waals surface area contributed by atoms with Crippen molar-refractivity contribution in [3.8, 4) is 12.3 Å². The van der Waals surface area contributed by atoms with Gasteiger partial charge in [-0.25, -0.2) is 0 Å². The summed E-state index contributed by atoms with van der Waals surface area (Å²) >= 11 is 0. The van der Waals surface area contributed by atoms with Gasteiger partial charge in [-0.1, -0.05) is 26.7 Å².